The van der Waals surface area contributed by atoms with E-state index in [0.29, 0.717) is 19.3 Å². The van der Waals surface area contributed by atoms with Gasteiger partial charge in [0.2, 0.25) is 0 Å². The molecule has 0 saturated heterocycles. The molecule has 0 aliphatic rings. The van der Waals surface area contributed by atoms with Crippen LogP contribution >= 0.6 is 0 Å². The molecular formula is C70H110O6. The van der Waals surface area contributed by atoms with Crippen molar-refractivity contribution in [1.29, 1.82) is 0 Å². The summed E-state index contributed by atoms with van der Waals surface area (Å²) in [5, 5.41) is 0. The minimum atomic E-state index is -0.824. The van der Waals surface area contributed by atoms with Crippen molar-refractivity contribution in [3.8, 4) is 0 Å². The highest BCUT2D eigenvalue weighted by atomic mass is 16.6. The zero-order valence-corrected chi connectivity index (χ0v) is 48.7. The van der Waals surface area contributed by atoms with Gasteiger partial charge in [0.15, 0.2) is 6.10 Å². The van der Waals surface area contributed by atoms with Crippen molar-refractivity contribution < 1.29 is 28.6 Å². The molecule has 0 aliphatic carbocycles. The van der Waals surface area contributed by atoms with Crippen molar-refractivity contribution in [3.05, 3.63) is 158 Å². The lowest BCUT2D eigenvalue weighted by Crippen LogP contribution is -2.30. The Morgan fingerprint density at radius 1 is 0.276 bits per heavy atom. The molecule has 76 heavy (non-hydrogen) atoms. The summed E-state index contributed by atoms with van der Waals surface area (Å²) < 4.78 is 16.8. The van der Waals surface area contributed by atoms with E-state index in [9.17, 15) is 14.4 Å². The van der Waals surface area contributed by atoms with Crippen LogP contribution in [0, 0.1) is 0 Å². The fraction of sp³-hybridized carbons (Fsp3) is 0.586. The second kappa shape index (κ2) is 62.6. The molecule has 0 aromatic rings. The van der Waals surface area contributed by atoms with Crippen LogP contribution in [0.3, 0.4) is 0 Å². The summed E-state index contributed by atoms with van der Waals surface area (Å²) in [7, 11) is 0. The Balaban J connectivity index is 4.55. The van der Waals surface area contributed by atoms with E-state index < -0.39 is 6.10 Å². The molecule has 1 atom stereocenters. The minimum absolute atomic E-state index is 0.115. The average molecular weight is 1050 g/mol. The Kier molecular flexibility index (Phi) is 58.5. The molecule has 6 heteroatoms. The lowest BCUT2D eigenvalue weighted by atomic mass is 10.1. The van der Waals surface area contributed by atoms with E-state index in [4.69, 9.17) is 14.2 Å². The first kappa shape index (κ1) is 71.0. The van der Waals surface area contributed by atoms with Crippen LogP contribution in [-0.2, 0) is 28.6 Å². The fourth-order valence-electron chi connectivity index (χ4n) is 7.74. The lowest BCUT2D eigenvalue weighted by molar-refractivity contribution is -0.167. The third-order valence-corrected chi connectivity index (χ3v) is 12.2. The first-order valence-corrected chi connectivity index (χ1v) is 30.5. The standard InChI is InChI=1S/C70H110O6/c1-4-7-10-13-16-19-22-25-28-30-32-34-35-37-38-40-42-45-48-51-54-57-60-63-69(72)75-66-67(65-74-68(71)62-59-56-53-50-47-44-27-24-21-18-15-12-9-6-3)76-70(73)64-61-58-55-52-49-46-43-41-39-36-33-31-29-26-23-20-17-14-11-8-5-2/h7-8,10-11,16-17,19-20,24-29,32-34,36-38,41-43,45,49,52,67H,4-6,9,12-15,18,21-23,30-31,35,39-40,44,46-48,50-51,53-66H2,1-3H3/b10-7-,11-8-,19-16-,20-17-,27-24-,28-25-,29-26-,34-32-,36-33-,38-37-,43-41-,45-42-,52-49-. The predicted octanol–water partition coefficient (Wildman–Crippen LogP) is 20.9. The van der Waals surface area contributed by atoms with Crippen LogP contribution in [0.1, 0.15) is 245 Å². The molecule has 0 aliphatic heterocycles. The van der Waals surface area contributed by atoms with E-state index in [1.54, 1.807) is 0 Å². The number of carbonyl (C=O) groups is 3. The zero-order valence-electron chi connectivity index (χ0n) is 48.7. The van der Waals surface area contributed by atoms with E-state index in [1.807, 2.05) is 0 Å². The molecule has 426 valence electrons. The van der Waals surface area contributed by atoms with E-state index in [1.165, 1.54) is 44.9 Å². The largest absolute Gasteiger partial charge is 0.462 e. The first-order chi connectivity index (χ1) is 37.5. The molecular weight excluding hydrogens is 937 g/mol. The molecule has 0 aromatic carbocycles. The summed E-state index contributed by atoms with van der Waals surface area (Å²) in [5.74, 6) is -0.998. The topological polar surface area (TPSA) is 78.9 Å². The normalized spacial score (nSPS) is 13.2. The zero-order chi connectivity index (χ0) is 55.0. The first-order valence-electron chi connectivity index (χ1n) is 30.5. The number of carbonyl (C=O) groups excluding carboxylic acids is 3. The third-order valence-electron chi connectivity index (χ3n) is 12.2. The summed E-state index contributed by atoms with van der Waals surface area (Å²) in [6, 6.07) is 0. The van der Waals surface area contributed by atoms with Gasteiger partial charge in [-0.25, -0.2) is 0 Å². The second-order valence-electron chi connectivity index (χ2n) is 19.5. The minimum Gasteiger partial charge on any atom is -0.462 e. The Morgan fingerprint density at radius 3 is 0.842 bits per heavy atom. The monoisotopic (exact) mass is 1050 g/mol. The van der Waals surface area contributed by atoms with Crippen LogP contribution in [0.2, 0.25) is 0 Å². The van der Waals surface area contributed by atoms with Crippen molar-refractivity contribution in [3.63, 3.8) is 0 Å². The van der Waals surface area contributed by atoms with Gasteiger partial charge in [0.25, 0.3) is 0 Å². The van der Waals surface area contributed by atoms with Gasteiger partial charge in [-0.2, -0.15) is 0 Å². The van der Waals surface area contributed by atoms with Gasteiger partial charge in [-0.1, -0.05) is 237 Å². The SMILES string of the molecule is CC/C=C\C/C=C\C/C=C\C/C=C\C/C=C\C/C=C\CCCCCCC(=O)OCC(COC(=O)CCCCCCC/C=C\CCCCCCC)OC(=O)CCCC/C=C\C/C=C\C/C=C\C/C=C\C/C=C\C/C=C\CC. The molecule has 6 nitrogen and oxygen atoms in total. The summed E-state index contributed by atoms with van der Waals surface area (Å²) in [5.41, 5.74) is 0. The van der Waals surface area contributed by atoms with Crippen LogP contribution in [0.5, 0.6) is 0 Å². The van der Waals surface area contributed by atoms with Gasteiger partial charge in [0.1, 0.15) is 13.2 Å². The number of rotatable bonds is 53. The summed E-state index contributed by atoms with van der Waals surface area (Å²) in [6.45, 7) is 6.33. The van der Waals surface area contributed by atoms with Gasteiger partial charge >= 0.3 is 17.9 Å². The van der Waals surface area contributed by atoms with Gasteiger partial charge in [0.05, 0.1) is 0 Å². The van der Waals surface area contributed by atoms with Gasteiger partial charge in [-0.15, -0.1) is 0 Å². The molecule has 0 heterocycles. The maximum absolute atomic E-state index is 12.9. The van der Waals surface area contributed by atoms with Crippen LogP contribution in [0.25, 0.3) is 0 Å². The van der Waals surface area contributed by atoms with Crippen molar-refractivity contribution in [2.75, 3.05) is 13.2 Å². The highest BCUT2D eigenvalue weighted by Crippen LogP contribution is 2.13. The average Bonchev–Trinajstić information content (AvgIpc) is 3.42. The van der Waals surface area contributed by atoms with Crippen LogP contribution in [-0.4, -0.2) is 37.2 Å². The number of unbranched alkanes of at least 4 members (excludes halogenated alkanes) is 16. The van der Waals surface area contributed by atoms with E-state index in [0.717, 1.165) is 154 Å². The van der Waals surface area contributed by atoms with Crippen molar-refractivity contribution in [1.82, 2.24) is 0 Å². The lowest BCUT2D eigenvalue weighted by Gasteiger charge is -2.18. The molecule has 0 saturated carbocycles. The van der Waals surface area contributed by atoms with Crippen molar-refractivity contribution in [2.45, 2.75) is 252 Å². The van der Waals surface area contributed by atoms with Gasteiger partial charge < -0.3 is 14.2 Å². The second-order valence-corrected chi connectivity index (χ2v) is 19.5. The molecule has 0 rings (SSSR count). The smallest absolute Gasteiger partial charge is 0.306 e. The Hall–Kier alpha value is -4.97. The fourth-order valence-corrected chi connectivity index (χ4v) is 7.74. The van der Waals surface area contributed by atoms with Gasteiger partial charge in [-0.05, 0) is 148 Å². The summed E-state index contributed by atoms with van der Waals surface area (Å²) >= 11 is 0. The van der Waals surface area contributed by atoms with Crippen LogP contribution in [0.4, 0.5) is 0 Å². The number of esters is 3. The maximum Gasteiger partial charge on any atom is 0.306 e. The molecule has 0 amide bonds. The number of allylic oxidation sites excluding steroid dienone is 26. The highest BCUT2D eigenvalue weighted by Gasteiger charge is 2.19. The third kappa shape index (κ3) is 59.9. The van der Waals surface area contributed by atoms with Crippen molar-refractivity contribution in [2.24, 2.45) is 0 Å². The molecule has 0 spiro atoms. The van der Waals surface area contributed by atoms with E-state index in [2.05, 4.69) is 179 Å². The summed E-state index contributed by atoms with van der Waals surface area (Å²) in [4.78, 5) is 38.3. The number of ether oxygens (including phenoxy) is 3. The quantitative estimate of drug-likeness (QED) is 0.0261. The molecule has 1 unspecified atom stereocenters. The summed E-state index contributed by atoms with van der Waals surface area (Å²) in [6.07, 6.45) is 90.9. The van der Waals surface area contributed by atoms with Crippen LogP contribution < -0.4 is 0 Å². The maximum atomic E-state index is 12.9. The predicted molar refractivity (Wildman–Crippen MR) is 329 cm³/mol. The van der Waals surface area contributed by atoms with Gasteiger partial charge in [0, 0.05) is 19.3 Å². The number of hydrogen-bond acceptors (Lipinski definition) is 6. The van der Waals surface area contributed by atoms with Crippen LogP contribution in [0.15, 0.2) is 158 Å². The Bertz CT molecular complexity index is 1720. The number of hydrogen-bond donors (Lipinski definition) is 0. The van der Waals surface area contributed by atoms with E-state index >= 15 is 0 Å². The molecule has 0 fully saturated rings. The van der Waals surface area contributed by atoms with Crippen molar-refractivity contribution >= 4 is 17.9 Å². The molecule has 0 N–H and O–H groups in total. The van der Waals surface area contributed by atoms with E-state index in [-0.39, 0.29) is 37.5 Å². The molecule has 0 bridgehead atoms. The Labute approximate surface area is 467 Å². The Morgan fingerprint density at radius 2 is 0.513 bits per heavy atom. The van der Waals surface area contributed by atoms with Gasteiger partial charge in [-0.3, -0.25) is 14.4 Å². The molecule has 0 aromatic heterocycles. The molecule has 0 radical (unpaired) electrons. The highest BCUT2D eigenvalue weighted by molar-refractivity contribution is 5.71.